The summed E-state index contributed by atoms with van der Waals surface area (Å²) >= 11 is 1.47. The lowest BCUT2D eigenvalue weighted by molar-refractivity contribution is -0.142. The highest BCUT2D eigenvalue weighted by molar-refractivity contribution is 7.15. The number of hydrogen-bond donors (Lipinski definition) is 3. The van der Waals surface area contributed by atoms with Crippen LogP contribution in [0.2, 0.25) is 0 Å². The maximum Gasteiger partial charge on any atom is 0.321 e. The van der Waals surface area contributed by atoms with Gasteiger partial charge in [0.2, 0.25) is 0 Å². The number of aliphatic carboxylic acids is 1. The molecule has 0 unspecified atom stereocenters. The van der Waals surface area contributed by atoms with Gasteiger partial charge in [0.05, 0.1) is 11.6 Å². The van der Waals surface area contributed by atoms with E-state index in [-0.39, 0.29) is 18.0 Å². The minimum Gasteiger partial charge on any atom is -0.481 e. The van der Waals surface area contributed by atoms with Crippen molar-refractivity contribution in [1.29, 1.82) is 0 Å². The Hall–Kier alpha value is -1.63. The molecule has 6 nitrogen and oxygen atoms in total. The van der Waals surface area contributed by atoms with Crippen molar-refractivity contribution >= 4 is 28.5 Å². The molecule has 0 saturated heterocycles. The fraction of sp³-hybridized carbons (Fsp3) is 0.643. The third kappa shape index (κ3) is 4.17. The summed E-state index contributed by atoms with van der Waals surface area (Å²) in [7, 11) is 0. The van der Waals surface area contributed by atoms with Gasteiger partial charge >= 0.3 is 12.0 Å². The first-order valence-electron chi connectivity index (χ1n) is 7.26. The first kappa shape index (κ1) is 15.8. The van der Waals surface area contributed by atoms with E-state index in [9.17, 15) is 9.59 Å². The topological polar surface area (TPSA) is 91.3 Å². The Morgan fingerprint density at radius 3 is 2.52 bits per heavy atom. The van der Waals surface area contributed by atoms with Crippen LogP contribution in [0.3, 0.4) is 0 Å². The van der Waals surface area contributed by atoms with Gasteiger partial charge in [0.15, 0.2) is 5.13 Å². The van der Waals surface area contributed by atoms with Crippen molar-refractivity contribution in [3.63, 3.8) is 0 Å². The van der Waals surface area contributed by atoms with E-state index >= 15 is 0 Å². The maximum atomic E-state index is 11.9. The Kier molecular flexibility index (Phi) is 5.17. The van der Waals surface area contributed by atoms with E-state index in [0.717, 1.165) is 17.0 Å². The number of rotatable bonds is 4. The number of aromatic nitrogens is 1. The molecule has 7 heteroatoms. The van der Waals surface area contributed by atoms with Gasteiger partial charge in [0, 0.05) is 10.9 Å². The molecule has 1 aliphatic rings. The minimum atomic E-state index is -0.733. The average Bonchev–Trinajstić information content (AvgIpc) is 2.79. The van der Waals surface area contributed by atoms with E-state index in [1.54, 1.807) is 0 Å². The Balaban J connectivity index is 1.81. The monoisotopic (exact) mass is 311 g/mol. The number of nitrogens with one attached hydrogen (secondary N) is 2. The number of urea groups is 1. The molecular weight excluding hydrogens is 290 g/mol. The summed E-state index contributed by atoms with van der Waals surface area (Å²) in [4.78, 5) is 28.3. The summed E-state index contributed by atoms with van der Waals surface area (Å²) in [6.45, 7) is 4.03. The fourth-order valence-corrected chi connectivity index (χ4v) is 3.51. The van der Waals surface area contributed by atoms with Crippen molar-refractivity contribution in [2.24, 2.45) is 5.92 Å². The molecule has 0 radical (unpaired) electrons. The predicted molar refractivity (Wildman–Crippen MR) is 81.8 cm³/mol. The van der Waals surface area contributed by atoms with Crippen molar-refractivity contribution in [1.82, 2.24) is 10.3 Å². The van der Waals surface area contributed by atoms with Crippen molar-refractivity contribution in [2.45, 2.75) is 52.0 Å². The summed E-state index contributed by atoms with van der Waals surface area (Å²) < 4.78 is 0. The van der Waals surface area contributed by atoms with Crippen LogP contribution in [0.4, 0.5) is 9.93 Å². The maximum absolute atomic E-state index is 11.9. The van der Waals surface area contributed by atoms with Crippen LogP contribution >= 0.6 is 11.3 Å². The molecule has 0 atom stereocenters. The molecule has 21 heavy (non-hydrogen) atoms. The number of hydrogen-bond acceptors (Lipinski definition) is 4. The van der Waals surface area contributed by atoms with E-state index in [4.69, 9.17) is 5.11 Å². The Bertz CT molecular complexity index is 522. The smallest absolute Gasteiger partial charge is 0.321 e. The van der Waals surface area contributed by atoms with Crippen LogP contribution in [0.15, 0.2) is 0 Å². The summed E-state index contributed by atoms with van der Waals surface area (Å²) in [5.74, 6) is -0.997. The Morgan fingerprint density at radius 1 is 1.33 bits per heavy atom. The lowest BCUT2D eigenvalue weighted by Crippen LogP contribution is -2.40. The summed E-state index contributed by atoms with van der Waals surface area (Å²) in [6.07, 6.45) is 3.51. The third-order valence-corrected chi connectivity index (χ3v) is 4.79. The van der Waals surface area contributed by atoms with Crippen molar-refractivity contribution in [3.05, 3.63) is 10.6 Å². The zero-order valence-corrected chi connectivity index (χ0v) is 13.1. The number of thiazole rings is 1. The van der Waals surface area contributed by atoms with E-state index in [0.29, 0.717) is 30.8 Å². The number of anilines is 1. The molecule has 1 aromatic rings. The average molecular weight is 311 g/mol. The molecule has 1 aliphatic carbocycles. The lowest BCUT2D eigenvalue weighted by atomic mass is 9.86. The van der Waals surface area contributed by atoms with Crippen LogP contribution in [-0.4, -0.2) is 28.1 Å². The molecule has 2 rings (SSSR count). The van der Waals surface area contributed by atoms with Gasteiger partial charge in [-0.25, -0.2) is 9.78 Å². The number of carboxylic acid groups (broad SMARTS) is 1. The van der Waals surface area contributed by atoms with Gasteiger partial charge in [0.1, 0.15) is 0 Å². The van der Waals surface area contributed by atoms with Crippen molar-refractivity contribution in [2.75, 3.05) is 5.32 Å². The first-order valence-corrected chi connectivity index (χ1v) is 8.07. The summed E-state index contributed by atoms with van der Waals surface area (Å²) in [5.41, 5.74) is 1.01. The van der Waals surface area contributed by atoms with Crippen LogP contribution in [-0.2, 0) is 11.2 Å². The largest absolute Gasteiger partial charge is 0.481 e. The molecule has 0 spiro atoms. The number of aryl methyl sites for hydroxylation is 2. The molecule has 0 aliphatic heterocycles. The number of carbonyl (C=O) groups excluding carboxylic acids is 1. The van der Waals surface area contributed by atoms with Crippen LogP contribution in [0, 0.1) is 12.8 Å². The van der Waals surface area contributed by atoms with Gasteiger partial charge < -0.3 is 10.4 Å². The molecule has 1 saturated carbocycles. The quantitative estimate of drug-likeness (QED) is 0.797. The second kappa shape index (κ2) is 6.89. The van der Waals surface area contributed by atoms with Crippen molar-refractivity contribution in [3.8, 4) is 0 Å². The first-order chi connectivity index (χ1) is 9.99. The van der Waals surface area contributed by atoms with Gasteiger partial charge in [-0.15, -0.1) is 11.3 Å². The van der Waals surface area contributed by atoms with E-state index < -0.39 is 5.97 Å². The molecule has 1 heterocycles. The number of nitrogens with zero attached hydrogens (tertiary/aromatic N) is 1. The minimum absolute atomic E-state index is 0.0484. The third-order valence-electron chi connectivity index (χ3n) is 3.86. The molecule has 1 fully saturated rings. The highest BCUT2D eigenvalue weighted by atomic mass is 32.1. The second-order valence-electron chi connectivity index (χ2n) is 5.36. The summed E-state index contributed by atoms with van der Waals surface area (Å²) in [5, 5.41) is 15.2. The SMILES string of the molecule is CCc1nc(NC(=O)NC2CCC(C(=O)O)CC2)sc1C. The number of carbonyl (C=O) groups is 2. The lowest BCUT2D eigenvalue weighted by Gasteiger charge is -2.26. The number of amides is 2. The van der Waals surface area contributed by atoms with Crippen LogP contribution < -0.4 is 10.6 Å². The fourth-order valence-electron chi connectivity index (χ4n) is 2.61. The normalized spacial score (nSPS) is 21.8. The zero-order chi connectivity index (χ0) is 15.4. The van der Waals surface area contributed by atoms with Crippen LogP contribution in [0.25, 0.3) is 0 Å². The molecule has 0 aromatic carbocycles. The van der Waals surface area contributed by atoms with Gasteiger partial charge in [0.25, 0.3) is 0 Å². The molecule has 116 valence electrons. The van der Waals surface area contributed by atoms with Crippen LogP contribution in [0.1, 0.15) is 43.2 Å². The number of carboxylic acids is 1. The van der Waals surface area contributed by atoms with Gasteiger partial charge in [-0.2, -0.15) is 0 Å². The molecule has 0 bridgehead atoms. The van der Waals surface area contributed by atoms with Crippen LogP contribution in [0.5, 0.6) is 0 Å². The molecule has 1 aromatic heterocycles. The Morgan fingerprint density at radius 2 is 2.00 bits per heavy atom. The van der Waals surface area contributed by atoms with E-state index in [1.165, 1.54) is 11.3 Å². The Labute approximate surface area is 128 Å². The standard InChI is InChI=1S/C14H21N3O3S/c1-3-11-8(2)21-14(16-11)17-13(20)15-10-6-4-9(5-7-10)12(18)19/h9-10H,3-7H2,1-2H3,(H,18,19)(H2,15,16,17,20). The highest BCUT2D eigenvalue weighted by Crippen LogP contribution is 2.25. The second-order valence-corrected chi connectivity index (χ2v) is 6.56. The van der Waals surface area contributed by atoms with Gasteiger partial charge in [-0.1, -0.05) is 6.92 Å². The highest BCUT2D eigenvalue weighted by Gasteiger charge is 2.26. The zero-order valence-electron chi connectivity index (χ0n) is 12.3. The van der Waals surface area contributed by atoms with E-state index in [2.05, 4.69) is 15.6 Å². The predicted octanol–water partition coefficient (Wildman–Crippen LogP) is 2.78. The molecular formula is C14H21N3O3S. The van der Waals surface area contributed by atoms with Crippen molar-refractivity contribution < 1.29 is 14.7 Å². The molecule has 2 amide bonds. The van der Waals surface area contributed by atoms with Gasteiger partial charge in [-0.05, 0) is 39.0 Å². The summed E-state index contributed by atoms with van der Waals surface area (Å²) in [6, 6.07) is -0.211. The van der Waals surface area contributed by atoms with Gasteiger partial charge in [-0.3, -0.25) is 10.1 Å². The molecule has 3 N–H and O–H groups in total. The van der Waals surface area contributed by atoms with E-state index in [1.807, 2.05) is 13.8 Å².